The van der Waals surface area contributed by atoms with Crippen LogP contribution in [0.4, 0.5) is 0 Å². The van der Waals surface area contributed by atoms with Crippen LogP contribution in [0.15, 0.2) is 24.4 Å². The molecule has 0 aliphatic carbocycles. The van der Waals surface area contributed by atoms with Crippen molar-refractivity contribution in [1.82, 2.24) is 9.97 Å². The minimum Gasteiger partial charge on any atom is -0.494 e. The fourth-order valence-electron chi connectivity index (χ4n) is 1.17. The number of aromatic nitrogens is 2. The first-order valence-corrected chi connectivity index (χ1v) is 4.84. The van der Waals surface area contributed by atoms with E-state index < -0.39 is 0 Å². The first-order chi connectivity index (χ1) is 6.31. The van der Waals surface area contributed by atoms with Gasteiger partial charge in [0.05, 0.1) is 7.11 Å². The minimum absolute atomic E-state index is 0.731. The Labute approximate surface area is 89.3 Å². The average Bonchev–Trinajstić information content (AvgIpc) is 2.17. The highest BCUT2D eigenvalue weighted by Crippen LogP contribution is 2.22. The molecule has 0 amide bonds. The molecule has 3 nitrogen and oxygen atoms in total. The lowest BCUT2D eigenvalue weighted by molar-refractivity contribution is 0.419. The molecule has 0 atom stereocenters. The Balaban J connectivity index is 2.79. The van der Waals surface area contributed by atoms with Crippen LogP contribution in [0.2, 0.25) is 0 Å². The van der Waals surface area contributed by atoms with Crippen molar-refractivity contribution < 1.29 is 4.74 Å². The molecule has 0 spiro atoms. The second kappa shape index (κ2) is 3.45. The zero-order chi connectivity index (χ0) is 9.26. The van der Waals surface area contributed by atoms with E-state index in [2.05, 4.69) is 32.6 Å². The first kappa shape index (κ1) is 8.68. The molecule has 0 N–H and O–H groups in total. The second-order valence-corrected chi connectivity index (χ2v) is 3.50. The highest BCUT2D eigenvalue weighted by molar-refractivity contribution is 14.1. The lowest BCUT2D eigenvalue weighted by Crippen LogP contribution is -1.91. The van der Waals surface area contributed by atoms with Gasteiger partial charge in [0.1, 0.15) is 11.3 Å². The number of benzene rings is 1. The Morgan fingerprint density at radius 3 is 3.00 bits per heavy atom. The quantitative estimate of drug-likeness (QED) is 0.595. The van der Waals surface area contributed by atoms with Gasteiger partial charge < -0.3 is 4.74 Å². The number of hydrogen-bond acceptors (Lipinski definition) is 3. The summed E-state index contributed by atoms with van der Waals surface area (Å²) in [6.45, 7) is 0. The van der Waals surface area contributed by atoms with Gasteiger partial charge in [0.25, 0.3) is 0 Å². The van der Waals surface area contributed by atoms with E-state index in [9.17, 15) is 0 Å². The standard InChI is InChI=1S/C9H7IN2O/c1-13-7-4-2-3-6-5-11-9(10)12-8(6)7/h2-5H,1H3. The number of fused-ring (bicyclic) bond motifs is 1. The first-order valence-electron chi connectivity index (χ1n) is 3.76. The molecule has 0 bridgehead atoms. The van der Waals surface area contributed by atoms with Gasteiger partial charge in [0, 0.05) is 34.2 Å². The van der Waals surface area contributed by atoms with E-state index in [0.717, 1.165) is 20.5 Å². The van der Waals surface area contributed by atoms with Crippen LogP contribution in [0.25, 0.3) is 10.9 Å². The molecule has 1 heterocycles. The number of ether oxygens (including phenoxy) is 1. The molecule has 4 heteroatoms. The predicted octanol–water partition coefficient (Wildman–Crippen LogP) is 2.24. The van der Waals surface area contributed by atoms with Crippen LogP contribution in [0, 0.1) is 3.83 Å². The summed E-state index contributed by atoms with van der Waals surface area (Å²) in [5, 5.41) is 1.000. The highest BCUT2D eigenvalue weighted by atomic mass is 127. The number of halogens is 1. The molecule has 0 saturated heterocycles. The van der Waals surface area contributed by atoms with Crippen LogP contribution in [-0.4, -0.2) is 17.1 Å². The van der Waals surface area contributed by atoms with Crippen molar-refractivity contribution in [3.63, 3.8) is 0 Å². The summed E-state index contributed by atoms with van der Waals surface area (Å²) in [5.74, 6) is 0.790. The van der Waals surface area contributed by atoms with E-state index in [1.165, 1.54) is 0 Å². The molecule has 0 saturated carbocycles. The molecular formula is C9H7IN2O. The molecule has 1 aromatic heterocycles. The summed E-state index contributed by atoms with van der Waals surface area (Å²) in [5.41, 5.74) is 0.865. The zero-order valence-corrected chi connectivity index (χ0v) is 9.15. The summed E-state index contributed by atoms with van der Waals surface area (Å²) in [4.78, 5) is 8.40. The molecule has 2 rings (SSSR count). The number of rotatable bonds is 1. The Bertz CT molecular complexity index is 445. The lowest BCUT2D eigenvalue weighted by Gasteiger charge is -2.03. The third kappa shape index (κ3) is 1.58. The number of nitrogens with zero attached hydrogens (tertiary/aromatic N) is 2. The molecule has 0 unspecified atom stereocenters. The van der Waals surface area contributed by atoms with Crippen molar-refractivity contribution in [1.29, 1.82) is 0 Å². The van der Waals surface area contributed by atoms with Gasteiger partial charge in [-0.05, 0) is 6.07 Å². The van der Waals surface area contributed by atoms with Gasteiger partial charge in [-0.3, -0.25) is 0 Å². The normalized spacial score (nSPS) is 10.3. The van der Waals surface area contributed by atoms with Gasteiger partial charge >= 0.3 is 0 Å². The smallest absolute Gasteiger partial charge is 0.191 e. The maximum absolute atomic E-state index is 5.19. The summed E-state index contributed by atoms with van der Waals surface area (Å²) in [6.07, 6.45) is 1.80. The molecular weight excluding hydrogens is 279 g/mol. The maximum Gasteiger partial charge on any atom is 0.191 e. The molecule has 1 aromatic carbocycles. The molecule has 0 radical (unpaired) electrons. The summed E-state index contributed by atoms with van der Waals surface area (Å²) >= 11 is 2.08. The van der Waals surface area contributed by atoms with Crippen molar-refractivity contribution in [2.75, 3.05) is 7.11 Å². The predicted molar refractivity (Wildman–Crippen MR) is 58.8 cm³/mol. The van der Waals surface area contributed by atoms with Crippen LogP contribution >= 0.6 is 22.6 Å². The van der Waals surface area contributed by atoms with Crippen LogP contribution in [0.1, 0.15) is 0 Å². The zero-order valence-electron chi connectivity index (χ0n) is 6.99. The van der Waals surface area contributed by atoms with Gasteiger partial charge in [-0.15, -0.1) is 0 Å². The Morgan fingerprint density at radius 1 is 1.38 bits per heavy atom. The van der Waals surface area contributed by atoms with Crippen LogP contribution in [-0.2, 0) is 0 Å². The topological polar surface area (TPSA) is 35.0 Å². The Hall–Kier alpha value is -0.910. The van der Waals surface area contributed by atoms with Gasteiger partial charge in [0.2, 0.25) is 0 Å². The molecule has 66 valence electrons. The molecule has 13 heavy (non-hydrogen) atoms. The van der Waals surface area contributed by atoms with Crippen molar-refractivity contribution in [3.8, 4) is 5.75 Å². The summed E-state index contributed by atoms with van der Waals surface area (Å²) in [6, 6.07) is 5.79. The third-order valence-electron chi connectivity index (χ3n) is 1.76. The second-order valence-electron chi connectivity index (χ2n) is 2.54. The molecule has 0 aliphatic heterocycles. The minimum atomic E-state index is 0.731. The Kier molecular flexibility index (Phi) is 2.30. The van der Waals surface area contributed by atoms with E-state index >= 15 is 0 Å². The third-order valence-corrected chi connectivity index (χ3v) is 2.28. The SMILES string of the molecule is COc1cccc2cnc(I)nc12. The largest absolute Gasteiger partial charge is 0.494 e. The van der Waals surface area contributed by atoms with E-state index in [1.54, 1.807) is 13.3 Å². The number of methoxy groups -OCH3 is 1. The van der Waals surface area contributed by atoms with Crippen molar-refractivity contribution >= 4 is 33.5 Å². The summed E-state index contributed by atoms with van der Waals surface area (Å²) in [7, 11) is 1.64. The number of hydrogen-bond donors (Lipinski definition) is 0. The van der Waals surface area contributed by atoms with Crippen molar-refractivity contribution in [2.24, 2.45) is 0 Å². The lowest BCUT2D eigenvalue weighted by atomic mass is 10.2. The average molecular weight is 286 g/mol. The van der Waals surface area contributed by atoms with Crippen LogP contribution in [0.3, 0.4) is 0 Å². The Morgan fingerprint density at radius 2 is 2.23 bits per heavy atom. The van der Waals surface area contributed by atoms with Gasteiger partial charge in [-0.2, -0.15) is 0 Å². The van der Waals surface area contributed by atoms with E-state index in [1.807, 2.05) is 18.2 Å². The van der Waals surface area contributed by atoms with E-state index in [4.69, 9.17) is 4.74 Å². The van der Waals surface area contributed by atoms with Crippen molar-refractivity contribution in [2.45, 2.75) is 0 Å². The number of para-hydroxylation sites is 1. The van der Waals surface area contributed by atoms with Crippen LogP contribution < -0.4 is 4.74 Å². The monoisotopic (exact) mass is 286 g/mol. The van der Waals surface area contributed by atoms with Crippen LogP contribution in [0.5, 0.6) is 5.75 Å². The highest BCUT2D eigenvalue weighted by Gasteiger charge is 2.02. The maximum atomic E-state index is 5.19. The van der Waals surface area contributed by atoms with Gasteiger partial charge in [-0.1, -0.05) is 12.1 Å². The molecule has 0 aliphatic rings. The fourth-order valence-corrected chi connectivity index (χ4v) is 1.55. The molecule has 2 aromatic rings. The van der Waals surface area contributed by atoms with E-state index in [0.29, 0.717) is 0 Å². The molecule has 0 fully saturated rings. The van der Waals surface area contributed by atoms with Gasteiger partial charge in [-0.25, -0.2) is 9.97 Å². The fraction of sp³-hybridized carbons (Fsp3) is 0.111. The van der Waals surface area contributed by atoms with Crippen molar-refractivity contribution in [3.05, 3.63) is 28.2 Å². The van der Waals surface area contributed by atoms with E-state index in [-0.39, 0.29) is 0 Å². The summed E-state index contributed by atoms with van der Waals surface area (Å²) < 4.78 is 5.92. The van der Waals surface area contributed by atoms with Gasteiger partial charge in [0.15, 0.2) is 3.83 Å².